The van der Waals surface area contributed by atoms with Crippen LogP contribution in [0, 0.1) is 6.92 Å². The maximum absolute atomic E-state index is 14.2. The van der Waals surface area contributed by atoms with Crippen molar-refractivity contribution in [1.82, 2.24) is 9.47 Å². The number of amides is 2. The molecule has 3 aromatic rings. The highest BCUT2D eigenvalue weighted by Crippen LogP contribution is 2.42. The summed E-state index contributed by atoms with van der Waals surface area (Å²) in [6.45, 7) is 7.14. The number of aromatic nitrogens is 1. The number of carbonyl (C=O) groups excluding carboxylic acids is 2. The van der Waals surface area contributed by atoms with Crippen LogP contribution in [0.15, 0.2) is 66.9 Å². The van der Waals surface area contributed by atoms with Gasteiger partial charge in [-0.1, -0.05) is 94.3 Å². The molecule has 2 amide bonds. The lowest BCUT2D eigenvalue weighted by Gasteiger charge is -2.39. The zero-order valence-electron chi connectivity index (χ0n) is 23.4. The zero-order valence-corrected chi connectivity index (χ0v) is 23.4. The standard InChI is InChI=1S/C33H43N3O2/c1-4-6-8-9-10-11-18-31(37)34(23-7-5-2)25-32(38)36-29-16-13-12-15-28(29)35-24-14-17-30(35)33(36)27-21-19-26(3)20-22-27/h12-17,19-22,24,33H,4-11,18,23,25H2,1-3H3. The topological polar surface area (TPSA) is 45.6 Å². The summed E-state index contributed by atoms with van der Waals surface area (Å²) in [5.74, 6) is 0.0609. The van der Waals surface area contributed by atoms with E-state index < -0.39 is 0 Å². The number of para-hydroxylation sites is 2. The van der Waals surface area contributed by atoms with E-state index in [1.165, 1.54) is 31.2 Å². The van der Waals surface area contributed by atoms with Gasteiger partial charge in [0.25, 0.3) is 0 Å². The quantitative estimate of drug-likeness (QED) is 0.221. The lowest BCUT2D eigenvalue weighted by molar-refractivity contribution is -0.135. The third-order valence-corrected chi connectivity index (χ3v) is 7.59. The minimum atomic E-state index is -0.255. The highest BCUT2D eigenvalue weighted by Gasteiger charge is 2.36. The van der Waals surface area contributed by atoms with Crippen LogP contribution in [0.4, 0.5) is 5.69 Å². The van der Waals surface area contributed by atoms with Crippen LogP contribution in [0.25, 0.3) is 5.69 Å². The number of hydrogen-bond acceptors (Lipinski definition) is 2. The fraction of sp³-hybridized carbons (Fsp3) is 0.455. The molecule has 1 aliphatic heterocycles. The van der Waals surface area contributed by atoms with Crippen LogP contribution < -0.4 is 4.90 Å². The molecule has 0 bridgehead atoms. The lowest BCUT2D eigenvalue weighted by Crippen LogP contribution is -2.47. The van der Waals surface area contributed by atoms with Gasteiger partial charge in [-0.15, -0.1) is 0 Å². The van der Waals surface area contributed by atoms with Gasteiger partial charge in [0.15, 0.2) is 0 Å². The van der Waals surface area contributed by atoms with Crippen molar-refractivity contribution in [2.24, 2.45) is 0 Å². The predicted octanol–water partition coefficient (Wildman–Crippen LogP) is 7.60. The number of aryl methyl sites for hydroxylation is 1. The molecule has 0 saturated heterocycles. The Bertz CT molecular complexity index is 1200. The summed E-state index contributed by atoms with van der Waals surface area (Å²) < 4.78 is 2.18. The van der Waals surface area contributed by atoms with E-state index in [4.69, 9.17) is 0 Å². The van der Waals surface area contributed by atoms with Gasteiger partial charge in [-0.2, -0.15) is 0 Å². The van der Waals surface area contributed by atoms with Crippen LogP contribution in [-0.4, -0.2) is 34.4 Å². The first kappa shape index (κ1) is 27.7. The van der Waals surface area contributed by atoms with E-state index in [0.29, 0.717) is 13.0 Å². The van der Waals surface area contributed by atoms with Gasteiger partial charge in [0.1, 0.15) is 12.6 Å². The van der Waals surface area contributed by atoms with E-state index >= 15 is 0 Å². The Morgan fingerprint density at radius 2 is 1.47 bits per heavy atom. The van der Waals surface area contributed by atoms with Crippen LogP contribution in [0.1, 0.15) is 94.5 Å². The number of hydrogen-bond donors (Lipinski definition) is 0. The van der Waals surface area contributed by atoms with E-state index in [-0.39, 0.29) is 24.4 Å². The first-order valence-corrected chi connectivity index (χ1v) is 14.5. The monoisotopic (exact) mass is 513 g/mol. The Kier molecular flexibility index (Phi) is 9.80. The number of rotatable bonds is 13. The molecule has 0 aliphatic carbocycles. The van der Waals surface area contributed by atoms with Gasteiger partial charge in [-0.25, -0.2) is 0 Å². The Labute approximate surface area is 228 Å². The number of carbonyl (C=O) groups is 2. The maximum atomic E-state index is 14.2. The van der Waals surface area contributed by atoms with Crippen LogP contribution in [0.5, 0.6) is 0 Å². The summed E-state index contributed by atoms with van der Waals surface area (Å²) in [7, 11) is 0. The minimum Gasteiger partial charge on any atom is -0.333 e. The minimum absolute atomic E-state index is 0.0390. The number of fused-ring (bicyclic) bond motifs is 3. The molecule has 0 radical (unpaired) electrons. The molecule has 0 N–H and O–H groups in total. The van der Waals surface area contributed by atoms with Gasteiger partial charge in [-0.05, 0) is 49.6 Å². The summed E-state index contributed by atoms with van der Waals surface area (Å²) in [4.78, 5) is 31.2. The summed E-state index contributed by atoms with van der Waals surface area (Å²) in [5.41, 5.74) is 5.17. The SMILES string of the molecule is CCCCCCCCC(=O)N(CCCC)CC(=O)N1c2ccccc2-n2cccc2C1c1ccc(C)cc1. The molecular weight excluding hydrogens is 470 g/mol. The maximum Gasteiger partial charge on any atom is 0.247 e. The molecule has 1 atom stereocenters. The fourth-order valence-electron chi connectivity index (χ4n) is 5.42. The summed E-state index contributed by atoms with van der Waals surface area (Å²) in [5, 5.41) is 0. The average molecular weight is 514 g/mol. The van der Waals surface area contributed by atoms with E-state index in [1.807, 2.05) is 29.2 Å². The molecule has 1 unspecified atom stereocenters. The van der Waals surface area contributed by atoms with Crippen molar-refractivity contribution in [1.29, 1.82) is 0 Å². The molecule has 1 aromatic heterocycles. The number of unbranched alkanes of at least 4 members (excludes halogenated alkanes) is 6. The van der Waals surface area contributed by atoms with Crippen molar-refractivity contribution in [2.75, 3.05) is 18.0 Å². The molecule has 0 spiro atoms. The summed E-state index contributed by atoms with van der Waals surface area (Å²) in [6.07, 6.45) is 11.3. The zero-order chi connectivity index (χ0) is 26.9. The van der Waals surface area contributed by atoms with Crippen LogP contribution in [0.2, 0.25) is 0 Å². The van der Waals surface area contributed by atoms with Crippen molar-refractivity contribution in [3.05, 3.63) is 83.7 Å². The molecule has 1 aliphatic rings. The summed E-state index contributed by atoms with van der Waals surface area (Å²) >= 11 is 0. The van der Waals surface area contributed by atoms with Crippen LogP contribution in [-0.2, 0) is 9.59 Å². The summed E-state index contributed by atoms with van der Waals surface area (Å²) in [6, 6.07) is 20.4. The average Bonchev–Trinajstić information content (AvgIpc) is 3.42. The smallest absolute Gasteiger partial charge is 0.247 e. The van der Waals surface area contributed by atoms with E-state index in [2.05, 4.69) is 67.9 Å². The Balaban J connectivity index is 1.59. The molecular formula is C33H43N3O2. The molecule has 2 aromatic carbocycles. The first-order valence-electron chi connectivity index (χ1n) is 14.5. The molecule has 0 fully saturated rings. The molecule has 202 valence electrons. The lowest BCUT2D eigenvalue weighted by atomic mass is 9.97. The van der Waals surface area contributed by atoms with Gasteiger partial charge in [0.05, 0.1) is 17.1 Å². The van der Waals surface area contributed by atoms with Gasteiger partial charge in [-0.3, -0.25) is 14.5 Å². The Morgan fingerprint density at radius 3 is 2.21 bits per heavy atom. The second kappa shape index (κ2) is 13.5. The van der Waals surface area contributed by atoms with Crippen molar-refractivity contribution >= 4 is 17.5 Å². The highest BCUT2D eigenvalue weighted by atomic mass is 16.2. The van der Waals surface area contributed by atoms with Crippen molar-refractivity contribution in [2.45, 2.75) is 84.6 Å². The molecule has 4 rings (SSSR count). The molecule has 5 nitrogen and oxygen atoms in total. The van der Waals surface area contributed by atoms with Crippen LogP contribution in [0.3, 0.4) is 0 Å². The van der Waals surface area contributed by atoms with Crippen molar-refractivity contribution in [3.63, 3.8) is 0 Å². The molecule has 0 saturated carbocycles. The van der Waals surface area contributed by atoms with Crippen molar-refractivity contribution < 1.29 is 9.59 Å². The van der Waals surface area contributed by atoms with Crippen LogP contribution >= 0.6 is 0 Å². The largest absolute Gasteiger partial charge is 0.333 e. The second-order valence-corrected chi connectivity index (χ2v) is 10.6. The highest BCUT2D eigenvalue weighted by molar-refractivity contribution is 6.00. The van der Waals surface area contributed by atoms with Gasteiger partial charge >= 0.3 is 0 Å². The van der Waals surface area contributed by atoms with Crippen molar-refractivity contribution in [3.8, 4) is 5.69 Å². The van der Waals surface area contributed by atoms with E-state index in [0.717, 1.165) is 48.3 Å². The molecule has 38 heavy (non-hydrogen) atoms. The fourth-order valence-corrected chi connectivity index (χ4v) is 5.42. The Hall–Kier alpha value is -3.34. The third kappa shape index (κ3) is 6.38. The van der Waals surface area contributed by atoms with Gasteiger partial charge in [0.2, 0.25) is 11.8 Å². The second-order valence-electron chi connectivity index (χ2n) is 10.6. The Morgan fingerprint density at radius 1 is 0.789 bits per heavy atom. The molecule has 2 heterocycles. The first-order chi connectivity index (χ1) is 18.5. The van der Waals surface area contributed by atoms with E-state index in [1.54, 1.807) is 4.90 Å². The predicted molar refractivity (Wildman–Crippen MR) is 156 cm³/mol. The van der Waals surface area contributed by atoms with Gasteiger partial charge < -0.3 is 9.47 Å². The number of benzene rings is 2. The number of nitrogens with zero attached hydrogens (tertiary/aromatic N) is 3. The normalized spacial score (nSPS) is 14.2. The van der Waals surface area contributed by atoms with E-state index in [9.17, 15) is 9.59 Å². The third-order valence-electron chi connectivity index (χ3n) is 7.59. The molecule has 5 heteroatoms. The number of anilines is 1. The van der Waals surface area contributed by atoms with Gasteiger partial charge in [0, 0.05) is 19.2 Å².